The van der Waals surface area contributed by atoms with Gasteiger partial charge in [-0.3, -0.25) is 4.79 Å². The van der Waals surface area contributed by atoms with Crippen molar-refractivity contribution in [2.45, 2.75) is 39.0 Å². The zero-order valence-corrected chi connectivity index (χ0v) is 16.3. The number of rotatable bonds is 5. The average Bonchev–Trinajstić information content (AvgIpc) is 3.09. The standard InChI is InChI=1S/C22H24N2OS/c1-22(2,3)18-12-10-17(11-13-18)19-15-26-21(23-19)24-20(25)14-9-16-7-5-4-6-8-16/h4-8,10-13,15H,9,14H2,1-3H3,(H,23,24,25). The summed E-state index contributed by atoms with van der Waals surface area (Å²) >= 11 is 1.46. The van der Waals surface area contributed by atoms with E-state index in [9.17, 15) is 4.79 Å². The number of benzene rings is 2. The molecular weight excluding hydrogens is 340 g/mol. The second-order valence-corrected chi connectivity index (χ2v) is 8.26. The number of nitrogens with zero attached hydrogens (tertiary/aromatic N) is 1. The highest BCUT2D eigenvalue weighted by molar-refractivity contribution is 7.14. The number of amides is 1. The zero-order chi connectivity index (χ0) is 18.6. The first-order valence-electron chi connectivity index (χ1n) is 8.82. The maximum atomic E-state index is 12.1. The fraction of sp³-hybridized carbons (Fsp3) is 0.273. The Bertz CT molecular complexity index is 861. The highest BCUT2D eigenvalue weighted by atomic mass is 32.1. The Morgan fingerprint density at radius 3 is 2.38 bits per heavy atom. The monoisotopic (exact) mass is 364 g/mol. The molecule has 3 nitrogen and oxygen atoms in total. The summed E-state index contributed by atoms with van der Waals surface area (Å²) in [5.41, 5.74) is 4.57. The third-order valence-electron chi connectivity index (χ3n) is 4.28. The third kappa shape index (κ3) is 4.79. The Labute approximate surface area is 159 Å². The lowest BCUT2D eigenvalue weighted by Crippen LogP contribution is -2.12. The van der Waals surface area contributed by atoms with Gasteiger partial charge in [-0.2, -0.15) is 0 Å². The average molecular weight is 365 g/mol. The minimum absolute atomic E-state index is 0.00201. The third-order valence-corrected chi connectivity index (χ3v) is 5.04. The Morgan fingerprint density at radius 1 is 1.04 bits per heavy atom. The van der Waals surface area contributed by atoms with Crippen LogP contribution in [0.1, 0.15) is 38.3 Å². The Morgan fingerprint density at radius 2 is 1.73 bits per heavy atom. The van der Waals surface area contributed by atoms with E-state index in [-0.39, 0.29) is 11.3 Å². The molecule has 0 saturated heterocycles. The molecule has 26 heavy (non-hydrogen) atoms. The number of hydrogen-bond donors (Lipinski definition) is 1. The second-order valence-electron chi connectivity index (χ2n) is 7.40. The van der Waals surface area contributed by atoms with Gasteiger partial charge in [0.25, 0.3) is 0 Å². The van der Waals surface area contributed by atoms with Crippen LogP contribution in [0.25, 0.3) is 11.3 Å². The predicted molar refractivity (Wildman–Crippen MR) is 110 cm³/mol. The van der Waals surface area contributed by atoms with Crippen LogP contribution in [0.3, 0.4) is 0 Å². The van der Waals surface area contributed by atoms with E-state index in [1.165, 1.54) is 22.5 Å². The lowest BCUT2D eigenvalue weighted by atomic mass is 9.86. The lowest BCUT2D eigenvalue weighted by Gasteiger charge is -2.18. The van der Waals surface area contributed by atoms with Crippen molar-refractivity contribution < 1.29 is 4.79 Å². The number of thiazole rings is 1. The van der Waals surface area contributed by atoms with E-state index in [2.05, 4.69) is 55.3 Å². The van der Waals surface area contributed by atoms with Gasteiger partial charge in [0.15, 0.2) is 5.13 Å². The molecule has 0 radical (unpaired) electrons. The van der Waals surface area contributed by atoms with Gasteiger partial charge in [0.05, 0.1) is 5.69 Å². The topological polar surface area (TPSA) is 42.0 Å². The summed E-state index contributed by atoms with van der Waals surface area (Å²) in [6, 6.07) is 18.5. The first-order valence-corrected chi connectivity index (χ1v) is 9.70. The van der Waals surface area contributed by atoms with Crippen LogP contribution in [-0.4, -0.2) is 10.9 Å². The SMILES string of the molecule is CC(C)(C)c1ccc(-c2csc(NC(=O)CCc3ccccc3)n2)cc1. The van der Waals surface area contributed by atoms with Crippen LogP contribution < -0.4 is 5.32 Å². The van der Waals surface area contributed by atoms with E-state index in [1.54, 1.807) is 0 Å². The summed E-state index contributed by atoms with van der Waals surface area (Å²) in [4.78, 5) is 16.7. The van der Waals surface area contributed by atoms with Crippen molar-refractivity contribution in [3.05, 3.63) is 71.1 Å². The first-order chi connectivity index (χ1) is 12.4. The van der Waals surface area contributed by atoms with Gasteiger partial charge in [-0.1, -0.05) is 75.4 Å². The quantitative estimate of drug-likeness (QED) is 0.633. The molecule has 0 aliphatic carbocycles. The largest absolute Gasteiger partial charge is 0.302 e. The summed E-state index contributed by atoms with van der Waals surface area (Å²) in [5.74, 6) is -0.00201. The van der Waals surface area contributed by atoms with Gasteiger partial charge in [-0.25, -0.2) is 4.98 Å². The van der Waals surface area contributed by atoms with Crippen molar-refractivity contribution in [2.75, 3.05) is 5.32 Å². The molecule has 0 bridgehead atoms. The molecule has 4 heteroatoms. The molecule has 3 aromatic rings. The van der Waals surface area contributed by atoms with E-state index < -0.39 is 0 Å². The molecule has 0 unspecified atom stereocenters. The van der Waals surface area contributed by atoms with Crippen LogP contribution in [0.15, 0.2) is 60.0 Å². The highest BCUT2D eigenvalue weighted by Gasteiger charge is 2.14. The van der Waals surface area contributed by atoms with Crippen LogP contribution in [0.5, 0.6) is 0 Å². The fourth-order valence-electron chi connectivity index (χ4n) is 2.69. The van der Waals surface area contributed by atoms with E-state index in [1.807, 2.05) is 35.7 Å². The number of carbonyl (C=O) groups excluding carboxylic acids is 1. The number of anilines is 1. The highest BCUT2D eigenvalue weighted by Crippen LogP contribution is 2.28. The summed E-state index contributed by atoms with van der Waals surface area (Å²) in [5, 5.41) is 5.54. The molecule has 1 aromatic heterocycles. The van der Waals surface area contributed by atoms with Gasteiger partial charge in [0.1, 0.15) is 0 Å². The minimum atomic E-state index is -0.00201. The van der Waals surface area contributed by atoms with Gasteiger partial charge in [-0.15, -0.1) is 11.3 Å². The number of aryl methyl sites for hydroxylation is 1. The Hall–Kier alpha value is -2.46. The molecule has 3 rings (SSSR count). The van der Waals surface area contributed by atoms with Crippen molar-refractivity contribution in [3.8, 4) is 11.3 Å². The van der Waals surface area contributed by atoms with E-state index in [4.69, 9.17) is 0 Å². The molecule has 1 heterocycles. The molecule has 0 saturated carbocycles. The predicted octanol–water partition coefficient (Wildman–Crippen LogP) is 5.68. The van der Waals surface area contributed by atoms with E-state index >= 15 is 0 Å². The van der Waals surface area contributed by atoms with Gasteiger partial charge in [-0.05, 0) is 23.0 Å². The number of nitrogens with one attached hydrogen (secondary N) is 1. The summed E-state index contributed by atoms with van der Waals surface area (Å²) in [6.07, 6.45) is 1.19. The lowest BCUT2D eigenvalue weighted by molar-refractivity contribution is -0.116. The van der Waals surface area contributed by atoms with Crippen molar-refractivity contribution >= 4 is 22.4 Å². The van der Waals surface area contributed by atoms with Crippen LogP contribution >= 0.6 is 11.3 Å². The maximum Gasteiger partial charge on any atom is 0.226 e. The molecule has 0 spiro atoms. The van der Waals surface area contributed by atoms with Crippen molar-refractivity contribution in [1.82, 2.24) is 4.98 Å². The molecule has 2 aromatic carbocycles. The fourth-order valence-corrected chi connectivity index (χ4v) is 3.42. The van der Waals surface area contributed by atoms with Crippen LogP contribution in [-0.2, 0) is 16.6 Å². The van der Waals surface area contributed by atoms with Crippen LogP contribution in [0, 0.1) is 0 Å². The molecule has 0 atom stereocenters. The zero-order valence-electron chi connectivity index (χ0n) is 15.5. The van der Waals surface area contributed by atoms with Gasteiger partial charge < -0.3 is 5.32 Å². The molecule has 0 aliphatic heterocycles. The normalized spacial score (nSPS) is 11.3. The molecule has 1 N–H and O–H groups in total. The number of carbonyl (C=O) groups is 1. The molecule has 1 amide bonds. The number of hydrogen-bond acceptors (Lipinski definition) is 3. The smallest absolute Gasteiger partial charge is 0.226 e. The molecule has 0 aliphatic rings. The molecular formula is C22H24N2OS. The van der Waals surface area contributed by atoms with Gasteiger partial charge in [0, 0.05) is 17.4 Å². The number of aromatic nitrogens is 1. The van der Waals surface area contributed by atoms with E-state index in [0.29, 0.717) is 11.6 Å². The van der Waals surface area contributed by atoms with Crippen molar-refractivity contribution in [1.29, 1.82) is 0 Å². The summed E-state index contributed by atoms with van der Waals surface area (Å²) < 4.78 is 0. The van der Waals surface area contributed by atoms with Crippen LogP contribution in [0.4, 0.5) is 5.13 Å². The second kappa shape index (κ2) is 7.83. The maximum absolute atomic E-state index is 12.1. The van der Waals surface area contributed by atoms with Gasteiger partial charge >= 0.3 is 0 Å². The Balaban J connectivity index is 1.60. The molecule has 0 fully saturated rings. The summed E-state index contributed by atoms with van der Waals surface area (Å²) in [7, 11) is 0. The molecule has 134 valence electrons. The first kappa shape index (κ1) is 18.3. The summed E-state index contributed by atoms with van der Waals surface area (Å²) in [6.45, 7) is 6.61. The Kier molecular flexibility index (Phi) is 5.52. The van der Waals surface area contributed by atoms with Crippen molar-refractivity contribution in [2.24, 2.45) is 0 Å². The van der Waals surface area contributed by atoms with Crippen molar-refractivity contribution in [3.63, 3.8) is 0 Å². The minimum Gasteiger partial charge on any atom is -0.302 e. The van der Waals surface area contributed by atoms with Crippen LogP contribution in [0.2, 0.25) is 0 Å². The van der Waals surface area contributed by atoms with E-state index in [0.717, 1.165) is 17.7 Å². The van der Waals surface area contributed by atoms with Gasteiger partial charge in [0.2, 0.25) is 5.91 Å².